The summed E-state index contributed by atoms with van der Waals surface area (Å²) in [7, 11) is 0. The van der Waals surface area contributed by atoms with Gasteiger partial charge in [0.05, 0.1) is 6.61 Å². The summed E-state index contributed by atoms with van der Waals surface area (Å²) in [6.07, 6.45) is 79.0. The summed E-state index contributed by atoms with van der Waals surface area (Å²) < 4.78 is 17.3. The lowest BCUT2D eigenvalue weighted by atomic mass is 10.1. The Morgan fingerprint density at radius 2 is 0.697 bits per heavy atom. The van der Waals surface area contributed by atoms with Gasteiger partial charge in [-0.2, -0.15) is 0 Å². The highest BCUT2D eigenvalue weighted by molar-refractivity contribution is 5.70. The summed E-state index contributed by atoms with van der Waals surface area (Å²) in [6.45, 7) is 7.44. The minimum atomic E-state index is -0.590. The van der Waals surface area contributed by atoms with Crippen LogP contribution < -0.4 is 0 Å². The van der Waals surface area contributed by atoms with Crippen LogP contribution in [-0.4, -0.2) is 37.9 Å². The Bertz CT molecular complexity index is 1400. The molecule has 0 fully saturated rings. The largest absolute Gasteiger partial charge is 0.462 e. The first-order chi connectivity index (χ1) is 32.6. The summed E-state index contributed by atoms with van der Waals surface area (Å²) in [6, 6.07) is 0. The second kappa shape index (κ2) is 55.4. The zero-order chi connectivity index (χ0) is 47.7. The van der Waals surface area contributed by atoms with Gasteiger partial charge in [-0.3, -0.25) is 9.59 Å². The van der Waals surface area contributed by atoms with Gasteiger partial charge in [-0.05, 0) is 128 Å². The van der Waals surface area contributed by atoms with Crippen molar-refractivity contribution in [2.75, 3.05) is 19.8 Å². The van der Waals surface area contributed by atoms with Gasteiger partial charge in [0.25, 0.3) is 0 Å². The standard InChI is InChI=1S/C61H98O5/c1-4-7-10-13-16-19-22-25-27-29-30-31-33-35-38-41-44-47-50-53-56-64-57-59(66-61(63)55-52-49-46-43-40-36-24-21-18-15-12-9-6-3)58-65-60(62)54-51-48-45-42-39-37-34-32-28-26-23-20-17-14-11-8-5-2/h8-9,11-12,16-21,25-28,30-31,34,36-37,40,42,45,59H,4-7,10,13-15,22-24,29,32-33,35,38-39,41,43-44,46-58H2,1-3H3/b11-8-,12-9-,19-16-,20-17-,21-18-,27-25-,28-26-,31-30-,37-34-,40-36-,45-42-. The van der Waals surface area contributed by atoms with Crippen LogP contribution >= 0.6 is 0 Å². The number of hydrogen-bond donors (Lipinski definition) is 0. The van der Waals surface area contributed by atoms with E-state index >= 15 is 0 Å². The number of unbranched alkanes of at least 4 members (excludes halogenated alkanes) is 14. The highest BCUT2D eigenvalue weighted by atomic mass is 16.6. The topological polar surface area (TPSA) is 61.8 Å². The first-order valence-electron chi connectivity index (χ1n) is 26.7. The quantitative estimate of drug-likeness (QED) is 0.0346. The lowest BCUT2D eigenvalue weighted by Gasteiger charge is -2.18. The van der Waals surface area contributed by atoms with Gasteiger partial charge in [0.1, 0.15) is 6.61 Å². The van der Waals surface area contributed by atoms with Crippen molar-refractivity contribution in [1.29, 1.82) is 0 Å². The third kappa shape index (κ3) is 52.7. The monoisotopic (exact) mass is 911 g/mol. The molecule has 0 spiro atoms. The van der Waals surface area contributed by atoms with Crippen molar-refractivity contribution in [2.45, 2.75) is 219 Å². The van der Waals surface area contributed by atoms with E-state index in [2.05, 4.69) is 154 Å². The Labute approximate surface area is 407 Å². The average molecular weight is 911 g/mol. The summed E-state index contributed by atoms with van der Waals surface area (Å²) in [5, 5.41) is 0. The molecule has 0 bridgehead atoms. The lowest BCUT2D eigenvalue weighted by Crippen LogP contribution is -2.30. The molecule has 66 heavy (non-hydrogen) atoms. The fourth-order valence-corrected chi connectivity index (χ4v) is 6.74. The van der Waals surface area contributed by atoms with Crippen LogP contribution in [-0.2, 0) is 23.8 Å². The molecule has 0 saturated carbocycles. The van der Waals surface area contributed by atoms with Crippen LogP contribution in [0.4, 0.5) is 0 Å². The summed E-state index contributed by atoms with van der Waals surface area (Å²) in [5.41, 5.74) is 0. The number of rotatable bonds is 47. The van der Waals surface area contributed by atoms with Crippen molar-refractivity contribution in [3.8, 4) is 0 Å². The second-order valence-electron chi connectivity index (χ2n) is 17.0. The molecule has 0 saturated heterocycles. The summed E-state index contributed by atoms with van der Waals surface area (Å²) in [4.78, 5) is 25.4. The molecular weight excluding hydrogens is 813 g/mol. The minimum Gasteiger partial charge on any atom is -0.462 e. The molecular formula is C61H98O5. The van der Waals surface area contributed by atoms with Crippen molar-refractivity contribution in [3.63, 3.8) is 0 Å². The van der Waals surface area contributed by atoms with Crippen LogP contribution in [0.5, 0.6) is 0 Å². The smallest absolute Gasteiger partial charge is 0.306 e. The van der Waals surface area contributed by atoms with E-state index < -0.39 is 6.10 Å². The Balaban J connectivity index is 4.42. The predicted molar refractivity (Wildman–Crippen MR) is 288 cm³/mol. The van der Waals surface area contributed by atoms with E-state index in [0.29, 0.717) is 19.4 Å². The van der Waals surface area contributed by atoms with Crippen LogP contribution in [0.3, 0.4) is 0 Å². The van der Waals surface area contributed by atoms with Crippen LogP contribution in [0.25, 0.3) is 0 Å². The molecule has 5 heteroatoms. The summed E-state index contributed by atoms with van der Waals surface area (Å²) in [5.74, 6) is -0.514. The molecule has 0 aliphatic rings. The molecule has 0 radical (unpaired) electrons. The third-order valence-electron chi connectivity index (χ3n) is 10.7. The molecule has 372 valence electrons. The SMILES string of the molecule is CC/C=C\C/C=C\C/C=C\C/C=C\C/C=C\CCCC(=O)OCC(COCCCCCCCCC/C=C\C/C=C\C/C=C\CCCCC)OC(=O)CCCCC/C=C\C/C=C\C/C=C\CC. The van der Waals surface area contributed by atoms with E-state index in [1.807, 2.05) is 0 Å². The number of ether oxygens (including phenoxy) is 3. The van der Waals surface area contributed by atoms with Gasteiger partial charge in [0.2, 0.25) is 0 Å². The van der Waals surface area contributed by atoms with Gasteiger partial charge < -0.3 is 14.2 Å². The Morgan fingerprint density at radius 1 is 0.348 bits per heavy atom. The van der Waals surface area contributed by atoms with E-state index in [-0.39, 0.29) is 25.2 Å². The fraction of sp³-hybridized carbons (Fsp3) is 0.607. The van der Waals surface area contributed by atoms with Crippen molar-refractivity contribution >= 4 is 11.9 Å². The van der Waals surface area contributed by atoms with E-state index in [1.54, 1.807) is 0 Å². The maximum absolute atomic E-state index is 12.8. The fourth-order valence-electron chi connectivity index (χ4n) is 6.74. The van der Waals surface area contributed by atoms with Crippen LogP contribution in [0, 0.1) is 0 Å². The predicted octanol–water partition coefficient (Wildman–Crippen LogP) is 18.3. The molecule has 0 aliphatic carbocycles. The van der Waals surface area contributed by atoms with E-state index in [9.17, 15) is 9.59 Å². The highest BCUT2D eigenvalue weighted by Gasteiger charge is 2.17. The zero-order valence-corrected chi connectivity index (χ0v) is 42.7. The molecule has 0 heterocycles. The number of esters is 2. The highest BCUT2D eigenvalue weighted by Crippen LogP contribution is 2.12. The molecule has 0 aliphatic heterocycles. The van der Waals surface area contributed by atoms with Gasteiger partial charge in [0.15, 0.2) is 6.10 Å². The molecule has 1 atom stereocenters. The molecule has 0 aromatic heterocycles. The number of carbonyl (C=O) groups is 2. The van der Waals surface area contributed by atoms with Crippen LogP contribution in [0.1, 0.15) is 213 Å². The molecule has 5 nitrogen and oxygen atoms in total. The van der Waals surface area contributed by atoms with Crippen LogP contribution in [0.2, 0.25) is 0 Å². The Morgan fingerprint density at radius 3 is 1.14 bits per heavy atom. The molecule has 0 aromatic carbocycles. The van der Waals surface area contributed by atoms with Gasteiger partial charge in [-0.1, -0.05) is 206 Å². The Hall–Kier alpha value is -3.96. The normalized spacial score (nSPS) is 13.3. The maximum atomic E-state index is 12.8. The molecule has 1 unspecified atom stereocenters. The number of hydrogen-bond acceptors (Lipinski definition) is 5. The molecule has 0 rings (SSSR count). The van der Waals surface area contributed by atoms with Crippen molar-refractivity contribution in [2.24, 2.45) is 0 Å². The second-order valence-corrected chi connectivity index (χ2v) is 17.0. The van der Waals surface area contributed by atoms with E-state index in [0.717, 1.165) is 116 Å². The Kier molecular flexibility index (Phi) is 52.0. The third-order valence-corrected chi connectivity index (χ3v) is 10.7. The van der Waals surface area contributed by atoms with Crippen molar-refractivity contribution < 1.29 is 23.8 Å². The first kappa shape index (κ1) is 62.0. The maximum Gasteiger partial charge on any atom is 0.306 e. The first-order valence-corrected chi connectivity index (χ1v) is 26.7. The molecule has 0 aromatic rings. The van der Waals surface area contributed by atoms with E-state index in [1.165, 1.54) is 64.2 Å². The van der Waals surface area contributed by atoms with E-state index in [4.69, 9.17) is 14.2 Å². The van der Waals surface area contributed by atoms with Gasteiger partial charge in [-0.25, -0.2) is 0 Å². The lowest BCUT2D eigenvalue weighted by molar-refractivity contribution is -0.163. The molecule has 0 amide bonds. The summed E-state index contributed by atoms with van der Waals surface area (Å²) >= 11 is 0. The van der Waals surface area contributed by atoms with Gasteiger partial charge in [0, 0.05) is 19.4 Å². The number of carbonyl (C=O) groups excluding carboxylic acids is 2. The van der Waals surface area contributed by atoms with Gasteiger partial charge >= 0.3 is 11.9 Å². The average Bonchev–Trinajstić information content (AvgIpc) is 3.32. The zero-order valence-electron chi connectivity index (χ0n) is 42.7. The van der Waals surface area contributed by atoms with Gasteiger partial charge in [-0.15, -0.1) is 0 Å². The molecule has 0 N–H and O–H groups in total. The van der Waals surface area contributed by atoms with Crippen LogP contribution in [0.15, 0.2) is 134 Å². The van der Waals surface area contributed by atoms with Crippen molar-refractivity contribution in [1.82, 2.24) is 0 Å². The van der Waals surface area contributed by atoms with Crippen molar-refractivity contribution in [3.05, 3.63) is 134 Å². The number of allylic oxidation sites excluding steroid dienone is 22. The minimum absolute atomic E-state index is 0.0309.